The van der Waals surface area contributed by atoms with Gasteiger partial charge in [-0.3, -0.25) is 9.59 Å². The van der Waals surface area contributed by atoms with Crippen LogP contribution in [-0.2, 0) is 14.1 Å². The Balaban J connectivity index is 2.43. The van der Waals surface area contributed by atoms with E-state index in [9.17, 15) is 18.4 Å². The minimum Gasteiger partial charge on any atom is -0.400 e. The fourth-order valence-corrected chi connectivity index (χ4v) is 2.92. The quantitative estimate of drug-likeness (QED) is 0.568. The van der Waals surface area contributed by atoms with Gasteiger partial charge in [0.15, 0.2) is 11.4 Å². The van der Waals surface area contributed by atoms with Crippen molar-refractivity contribution in [3.63, 3.8) is 0 Å². The monoisotopic (exact) mass is 382 g/mol. The molecule has 0 amide bonds. The van der Waals surface area contributed by atoms with Gasteiger partial charge in [-0.1, -0.05) is 17.8 Å². The molecule has 0 saturated carbocycles. The molecule has 8 heteroatoms. The van der Waals surface area contributed by atoms with Crippen molar-refractivity contribution in [2.45, 2.75) is 45.8 Å². The Morgan fingerprint density at radius 2 is 1.62 bits per heavy atom. The smallest absolute Gasteiger partial charge is 0.400 e. The zero-order valence-electron chi connectivity index (χ0n) is 15.4. The molecule has 0 spiro atoms. The molecule has 4 nitrogen and oxygen atoms in total. The van der Waals surface area contributed by atoms with Gasteiger partial charge in [0.25, 0.3) is 0 Å². The Hall–Kier alpha value is -1.51. The van der Waals surface area contributed by atoms with Crippen LogP contribution < -0.4 is 0 Å². The van der Waals surface area contributed by atoms with Gasteiger partial charge in [0.2, 0.25) is 0 Å². The second-order valence-corrected chi connectivity index (χ2v) is 8.25. The first-order valence-electron chi connectivity index (χ1n) is 8.10. The molecule has 0 aliphatic carbocycles. The number of carbonyl (C=O) groups is 2. The molecule has 0 N–H and O–H groups in total. The van der Waals surface area contributed by atoms with E-state index in [1.807, 2.05) is 27.7 Å². The molecule has 0 atom stereocenters. The number of aldehydes is 1. The Kier molecular flexibility index (Phi) is 6.10. The van der Waals surface area contributed by atoms with Crippen molar-refractivity contribution in [3.05, 3.63) is 40.4 Å². The third-order valence-electron chi connectivity index (χ3n) is 4.58. The number of halogens is 2. The van der Waals surface area contributed by atoms with Crippen molar-refractivity contribution in [1.29, 1.82) is 0 Å². The van der Waals surface area contributed by atoms with Gasteiger partial charge in [0.05, 0.1) is 16.8 Å². The van der Waals surface area contributed by atoms with E-state index in [4.69, 9.17) is 9.31 Å². The molecule has 1 saturated heterocycles. The Morgan fingerprint density at radius 1 is 1.12 bits per heavy atom. The van der Waals surface area contributed by atoms with Gasteiger partial charge in [-0.25, -0.2) is 8.78 Å². The summed E-state index contributed by atoms with van der Waals surface area (Å²) in [6, 6.07) is 1.79. The highest BCUT2D eigenvalue weighted by molar-refractivity contribution is 8.13. The second-order valence-electron chi connectivity index (χ2n) is 7.10. The van der Waals surface area contributed by atoms with Crippen LogP contribution in [0.15, 0.2) is 17.6 Å². The van der Waals surface area contributed by atoms with Crippen LogP contribution in [0.3, 0.4) is 0 Å². The summed E-state index contributed by atoms with van der Waals surface area (Å²) >= 11 is 1.02. The number of rotatable bonds is 5. The van der Waals surface area contributed by atoms with Crippen molar-refractivity contribution in [2.75, 3.05) is 5.75 Å². The lowest BCUT2D eigenvalue weighted by molar-refractivity contribution is -0.109. The minimum absolute atomic E-state index is 0.0398. The predicted molar refractivity (Wildman–Crippen MR) is 98.9 cm³/mol. The Bertz CT molecular complexity index is 746. The standard InChI is InChI=1S/C18H21BF2O4S/c1-11(23)26-10-14(19-24-17(2,3)18(4,5)25-19)6-12-7-16(21)13(9-22)8-15(12)20/h6-9H,10H2,1-5H3. The maximum atomic E-state index is 14.2. The lowest BCUT2D eigenvalue weighted by atomic mass is 9.78. The van der Waals surface area contributed by atoms with Gasteiger partial charge in [-0.2, -0.15) is 0 Å². The highest BCUT2D eigenvalue weighted by atomic mass is 32.2. The van der Waals surface area contributed by atoms with Gasteiger partial charge in [0, 0.05) is 18.2 Å². The Labute approximate surface area is 156 Å². The molecule has 0 radical (unpaired) electrons. The molecule has 1 aliphatic rings. The summed E-state index contributed by atoms with van der Waals surface area (Å²) in [6.07, 6.45) is 1.66. The van der Waals surface area contributed by atoms with Crippen LogP contribution >= 0.6 is 11.8 Å². The van der Waals surface area contributed by atoms with Crippen LogP contribution in [0.1, 0.15) is 50.5 Å². The molecule has 0 unspecified atom stereocenters. The largest absolute Gasteiger partial charge is 0.491 e. The zero-order chi connectivity index (χ0) is 19.7. The van der Waals surface area contributed by atoms with Crippen LogP contribution in [0.4, 0.5) is 8.78 Å². The van der Waals surface area contributed by atoms with E-state index in [1.54, 1.807) is 0 Å². The summed E-state index contributed by atoms with van der Waals surface area (Å²) in [6.45, 7) is 8.93. The number of thioether (sulfide) groups is 1. The highest BCUT2D eigenvalue weighted by Crippen LogP contribution is 2.39. The SMILES string of the molecule is CC(=O)SCC(=Cc1cc(F)c(C=O)cc1F)B1OC(C)(C)C(C)(C)O1. The number of hydrogen-bond donors (Lipinski definition) is 0. The van der Waals surface area contributed by atoms with Gasteiger partial charge < -0.3 is 9.31 Å². The fraction of sp³-hybridized carbons (Fsp3) is 0.444. The van der Waals surface area contributed by atoms with Crippen molar-refractivity contribution in [2.24, 2.45) is 0 Å². The van der Waals surface area contributed by atoms with Crippen molar-refractivity contribution in [3.8, 4) is 0 Å². The molecule has 26 heavy (non-hydrogen) atoms. The topological polar surface area (TPSA) is 52.6 Å². The molecule has 1 heterocycles. The lowest BCUT2D eigenvalue weighted by Gasteiger charge is -2.32. The van der Waals surface area contributed by atoms with Gasteiger partial charge >= 0.3 is 7.12 Å². The minimum atomic E-state index is -0.819. The van der Waals surface area contributed by atoms with Gasteiger partial charge in [-0.15, -0.1) is 0 Å². The van der Waals surface area contributed by atoms with Crippen LogP contribution in [-0.4, -0.2) is 35.5 Å². The van der Waals surface area contributed by atoms with Crippen LogP contribution in [0, 0.1) is 11.6 Å². The van der Waals surface area contributed by atoms with E-state index in [0.29, 0.717) is 5.47 Å². The first kappa shape index (κ1) is 20.8. The summed E-state index contributed by atoms with van der Waals surface area (Å²) in [5, 5.41) is -0.115. The zero-order valence-corrected chi connectivity index (χ0v) is 16.2. The molecule has 1 fully saturated rings. The third kappa shape index (κ3) is 4.42. The van der Waals surface area contributed by atoms with E-state index in [-0.39, 0.29) is 28.3 Å². The highest BCUT2D eigenvalue weighted by Gasteiger charge is 2.52. The number of carbonyl (C=O) groups excluding carboxylic acids is 2. The number of hydrogen-bond acceptors (Lipinski definition) is 5. The van der Waals surface area contributed by atoms with E-state index in [1.165, 1.54) is 13.0 Å². The summed E-state index contributed by atoms with van der Waals surface area (Å²) in [7, 11) is -0.792. The predicted octanol–water partition coefficient (Wildman–Crippen LogP) is 4.07. The second kappa shape index (κ2) is 7.62. The first-order valence-corrected chi connectivity index (χ1v) is 9.09. The molecular weight excluding hydrogens is 361 g/mol. The normalized spacial score (nSPS) is 18.9. The van der Waals surface area contributed by atoms with Gasteiger partial charge in [-0.05, 0) is 45.3 Å². The molecule has 2 rings (SSSR count). The summed E-state index contributed by atoms with van der Waals surface area (Å²) in [5.41, 5.74) is -1.11. The fourth-order valence-electron chi connectivity index (χ4n) is 2.34. The van der Waals surface area contributed by atoms with Crippen molar-refractivity contribution < 1.29 is 27.7 Å². The summed E-state index contributed by atoms with van der Waals surface area (Å²) < 4.78 is 40.0. The van der Waals surface area contributed by atoms with Crippen molar-refractivity contribution in [1.82, 2.24) is 0 Å². The maximum absolute atomic E-state index is 14.2. The van der Waals surface area contributed by atoms with E-state index in [0.717, 1.165) is 23.9 Å². The van der Waals surface area contributed by atoms with Crippen molar-refractivity contribution >= 4 is 36.4 Å². The number of benzene rings is 1. The lowest BCUT2D eigenvalue weighted by Crippen LogP contribution is -2.41. The summed E-state index contributed by atoms with van der Waals surface area (Å²) in [4.78, 5) is 22.1. The van der Waals surface area contributed by atoms with Crippen LogP contribution in [0.5, 0.6) is 0 Å². The average Bonchev–Trinajstić information content (AvgIpc) is 2.74. The van der Waals surface area contributed by atoms with Crippen LogP contribution in [0.2, 0.25) is 0 Å². The molecule has 140 valence electrons. The van der Waals surface area contributed by atoms with E-state index < -0.39 is 30.0 Å². The molecule has 1 aromatic rings. The molecule has 0 aromatic heterocycles. The maximum Gasteiger partial charge on any atom is 0.491 e. The first-order chi connectivity index (χ1) is 12.0. The van der Waals surface area contributed by atoms with Crippen LogP contribution in [0.25, 0.3) is 6.08 Å². The Morgan fingerprint density at radius 3 is 2.12 bits per heavy atom. The van der Waals surface area contributed by atoms with E-state index in [2.05, 4.69) is 0 Å². The average molecular weight is 382 g/mol. The van der Waals surface area contributed by atoms with E-state index >= 15 is 0 Å². The molecule has 0 bridgehead atoms. The molecule has 1 aliphatic heterocycles. The summed E-state index contributed by atoms with van der Waals surface area (Å²) in [5.74, 6) is -1.35. The molecular formula is C18H21BF2O4S. The molecule has 1 aromatic carbocycles. The third-order valence-corrected chi connectivity index (χ3v) is 5.47. The van der Waals surface area contributed by atoms with Gasteiger partial charge in [0.1, 0.15) is 11.6 Å².